The van der Waals surface area contributed by atoms with Gasteiger partial charge in [0, 0.05) is 27.7 Å². The zero-order valence-corrected chi connectivity index (χ0v) is 41.5. The van der Waals surface area contributed by atoms with Crippen molar-refractivity contribution in [2.75, 3.05) is 4.90 Å². The Kier molecular flexibility index (Phi) is 9.20. The molecule has 0 aliphatic heterocycles. The fourth-order valence-corrected chi connectivity index (χ4v) is 13.9. The normalized spacial score (nSPS) is 13.7. The van der Waals surface area contributed by atoms with Gasteiger partial charge in [-0.3, -0.25) is 0 Å². The van der Waals surface area contributed by atoms with Crippen molar-refractivity contribution in [3.63, 3.8) is 0 Å². The number of hydrogen-bond acceptors (Lipinski definition) is 2. The van der Waals surface area contributed by atoms with Gasteiger partial charge < -0.3 is 9.32 Å². The lowest BCUT2D eigenvalue weighted by Gasteiger charge is -2.36. The summed E-state index contributed by atoms with van der Waals surface area (Å²) in [6, 6.07) is 106. The van der Waals surface area contributed by atoms with E-state index in [2.05, 4.69) is 290 Å². The van der Waals surface area contributed by atoms with E-state index in [0.717, 1.165) is 39.0 Å². The van der Waals surface area contributed by atoms with Crippen molar-refractivity contribution in [2.24, 2.45) is 0 Å². The van der Waals surface area contributed by atoms with Crippen molar-refractivity contribution >= 4 is 39.0 Å². The number of anilines is 3. The van der Waals surface area contributed by atoms with Gasteiger partial charge in [0.25, 0.3) is 0 Å². The average molecular weight is 966 g/mol. The summed E-state index contributed by atoms with van der Waals surface area (Å²) in [5.74, 6) is 0. The number of hydrogen-bond donors (Lipinski definition) is 0. The molecule has 3 aliphatic carbocycles. The first-order valence-corrected chi connectivity index (χ1v) is 26.4. The largest absolute Gasteiger partial charge is 0.456 e. The Labute approximate surface area is 442 Å². The van der Waals surface area contributed by atoms with Crippen LogP contribution in [0.15, 0.2) is 290 Å². The molecule has 76 heavy (non-hydrogen) atoms. The van der Waals surface area contributed by atoms with E-state index in [1.54, 1.807) is 0 Å². The van der Waals surface area contributed by atoms with E-state index in [-0.39, 0.29) is 0 Å². The Morgan fingerprint density at radius 3 is 1.34 bits per heavy atom. The van der Waals surface area contributed by atoms with E-state index in [9.17, 15) is 0 Å². The molecule has 354 valence electrons. The summed E-state index contributed by atoms with van der Waals surface area (Å²) in [5, 5.41) is 2.18. The van der Waals surface area contributed by atoms with Crippen LogP contribution in [0, 0.1) is 0 Å². The van der Waals surface area contributed by atoms with Crippen molar-refractivity contribution in [1.29, 1.82) is 0 Å². The van der Waals surface area contributed by atoms with Crippen LogP contribution in [0.2, 0.25) is 0 Å². The topological polar surface area (TPSA) is 16.4 Å². The van der Waals surface area contributed by atoms with Crippen LogP contribution in [0.5, 0.6) is 0 Å². The van der Waals surface area contributed by atoms with Crippen molar-refractivity contribution in [1.82, 2.24) is 0 Å². The van der Waals surface area contributed by atoms with E-state index in [1.807, 2.05) is 0 Å². The molecule has 12 aromatic carbocycles. The molecule has 0 radical (unpaired) electrons. The van der Waals surface area contributed by atoms with Crippen LogP contribution in [-0.2, 0) is 10.8 Å². The molecule has 3 aliphatic rings. The van der Waals surface area contributed by atoms with Gasteiger partial charge in [-0.05, 0) is 149 Å². The van der Waals surface area contributed by atoms with E-state index >= 15 is 0 Å². The van der Waals surface area contributed by atoms with Gasteiger partial charge >= 0.3 is 0 Å². The number of furan rings is 1. The Hall–Kier alpha value is -9.76. The highest BCUT2D eigenvalue weighted by Gasteiger charge is 2.53. The summed E-state index contributed by atoms with van der Waals surface area (Å²) in [6.07, 6.45) is 0. The third-order valence-electron chi connectivity index (χ3n) is 17.0. The highest BCUT2D eigenvalue weighted by molar-refractivity contribution is 6.08. The molecule has 0 atom stereocenters. The lowest BCUT2D eigenvalue weighted by Crippen LogP contribution is -2.29. The molecule has 1 spiro atoms. The quantitative estimate of drug-likeness (QED) is 0.158. The molecule has 0 bridgehead atoms. The van der Waals surface area contributed by atoms with Gasteiger partial charge in [-0.25, -0.2) is 0 Å². The number of nitrogens with zero attached hydrogens (tertiary/aromatic N) is 1. The number of fused-ring (bicyclic) bond motifs is 16. The second-order valence-corrected chi connectivity index (χ2v) is 20.6. The first-order valence-electron chi connectivity index (χ1n) is 26.4. The SMILES string of the molecule is c1ccc(-c2cccc(C3(c4cccc(-c5ccccc5)c4)c4ccccc4-c4ccc(N(c5ccc6oc7ccccc7c6c5)c5cccc6c5-c5ccccc5C65c6ccccc6-c6ccccc65)cc43)c2)cc1. The lowest BCUT2D eigenvalue weighted by molar-refractivity contribution is 0.669. The van der Waals surface area contributed by atoms with Crippen LogP contribution >= 0.6 is 0 Å². The number of rotatable bonds is 7. The summed E-state index contributed by atoms with van der Waals surface area (Å²) < 4.78 is 6.54. The van der Waals surface area contributed by atoms with E-state index in [0.29, 0.717) is 0 Å². The molecule has 2 nitrogen and oxygen atoms in total. The van der Waals surface area contributed by atoms with Crippen LogP contribution in [0.4, 0.5) is 17.1 Å². The zero-order valence-electron chi connectivity index (χ0n) is 41.5. The van der Waals surface area contributed by atoms with Crippen LogP contribution in [0.1, 0.15) is 44.5 Å². The Bertz CT molecular complexity index is 4360. The molecular formula is C74H47NO. The average Bonchev–Trinajstić information content (AvgIpc) is 4.25. The van der Waals surface area contributed by atoms with E-state index in [4.69, 9.17) is 4.42 Å². The molecule has 1 heterocycles. The predicted octanol–water partition coefficient (Wildman–Crippen LogP) is 19.1. The maximum atomic E-state index is 6.54. The van der Waals surface area contributed by atoms with Gasteiger partial charge in [0.05, 0.1) is 16.5 Å². The van der Waals surface area contributed by atoms with E-state index in [1.165, 1.54) is 100 Å². The van der Waals surface area contributed by atoms with Crippen LogP contribution < -0.4 is 4.90 Å². The number of benzene rings is 12. The third kappa shape index (κ3) is 5.87. The van der Waals surface area contributed by atoms with Gasteiger partial charge in [0.2, 0.25) is 0 Å². The molecule has 0 fully saturated rings. The molecule has 0 saturated heterocycles. The first-order chi connectivity index (χ1) is 37.7. The highest BCUT2D eigenvalue weighted by Crippen LogP contribution is 2.65. The first kappa shape index (κ1) is 42.7. The second-order valence-electron chi connectivity index (χ2n) is 20.6. The minimum atomic E-state index is -0.708. The van der Waals surface area contributed by atoms with Gasteiger partial charge in [-0.2, -0.15) is 0 Å². The minimum absolute atomic E-state index is 0.506. The molecular weight excluding hydrogens is 919 g/mol. The molecule has 0 N–H and O–H groups in total. The fraction of sp³-hybridized carbons (Fsp3) is 0.0270. The predicted molar refractivity (Wildman–Crippen MR) is 313 cm³/mol. The van der Waals surface area contributed by atoms with Gasteiger partial charge in [-0.1, -0.05) is 231 Å². The summed E-state index contributed by atoms with van der Waals surface area (Å²) in [5.41, 5.74) is 26.3. The molecule has 0 saturated carbocycles. The zero-order chi connectivity index (χ0) is 50.0. The fourth-order valence-electron chi connectivity index (χ4n) is 13.9. The summed E-state index contributed by atoms with van der Waals surface area (Å²) in [6.45, 7) is 0. The Balaban J connectivity index is 1.00. The maximum Gasteiger partial charge on any atom is 0.135 e. The van der Waals surface area contributed by atoms with E-state index < -0.39 is 10.8 Å². The van der Waals surface area contributed by atoms with Crippen molar-refractivity contribution < 1.29 is 4.42 Å². The van der Waals surface area contributed by atoms with Gasteiger partial charge in [0.1, 0.15) is 11.2 Å². The standard InChI is InChI=1S/C74H47NO/c1-3-20-48(21-4-1)50-24-17-26-52(44-50)73(53-27-18-25-51(45-53)49-22-5-2-6-23-49)63-33-12-7-30-58(63)59-42-40-55(47-68(59)73)75(54-41-43-71-62(46-54)60-31-11-16-39-70(60)76-71)69-38-19-37-67-72(69)61-32-10-15-36-66(61)74(67)64-34-13-8-28-56(64)57-29-9-14-35-65(57)74/h1-47H. The minimum Gasteiger partial charge on any atom is -0.456 e. The Morgan fingerprint density at radius 2 is 0.711 bits per heavy atom. The maximum absolute atomic E-state index is 6.54. The molecule has 1 aromatic heterocycles. The second kappa shape index (κ2) is 16.4. The van der Waals surface area contributed by atoms with Crippen LogP contribution in [0.3, 0.4) is 0 Å². The molecule has 13 aromatic rings. The van der Waals surface area contributed by atoms with Crippen LogP contribution in [-0.4, -0.2) is 0 Å². The summed E-state index contributed by atoms with van der Waals surface area (Å²) in [7, 11) is 0. The molecule has 0 amide bonds. The lowest BCUT2D eigenvalue weighted by atomic mass is 9.67. The highest BCUT2D eigenvalue weighted by atomic mass is 16.3. The number of para-hydroxylation sites is 1. The van der Waals surface area contributed by atoms with Crippen molar-refractivity contribution in [3.05, 3.63) is 330 Å². The van der Waals surface area contributed by atoms with Crippen molar-refractivity contribution in [3.8, 4) is 55.6 Å². The molecule has 2 heteroatoms. The molecule has 0 unspecified atom stereocenters. The van der Waals surface area contributed by atoms with Crippen LogP contribution in [0.25, 0.3) is 77.6 Å². The van der Waals surface area contributed by atoms with Crippen molar-refractivity contribution in [2.45, 2.75) is 10.8 Å². The Morgan fingerprint density at radius 1 is 0.263 bits per heavy atom. The van der Waals surface area contributed by atoms with Gasteiger partial charge in [0.15, 0.2) is 0 Å². The summed E-state index contributed by atoms with van der Waals surface area (Å²) in [4.78, 5) is 2.54. The monoisotopic (exact) mass is 965 g/mol. The molecule has 16 rings (SSSR count). The van der Waals surface area contributed by atoms with Gasteiger partial charge in [-0.15, -0.1) is 0 Å². The third-order valence-corrected chi connectivity index (χ3v) is 17.0. The smallest absolute Gasteiger partial charge is 0.135 e. The summed E-state index contributed by atoms with van der Waals surface area (Å²) >= 11 is 0.